The SMILES string of the molecule is CCSCCCNC1CCCN(C(=O)OC(C)(C)C)C1C. The summed E-state index contributed by atoms with van der Waals surface area (Å²) in [6.07, 6.45) is 3.20. The summed E-state index contributed by atoms with van der Waals surface area (Å²) in [5, 5.41) is 3.62. The van der Waals surface area contributed by atoms with Crippen molar-refractivity contribution < 1.29 is 9.53 Å². The fraction of sp³-hybridized carbons (Fsp3) is 0.938. The van der Waals surface area contributed by atoms with Gasteiger partial charge in [0, 0.05) is 18.6 Å². The number of nitrogens with one attached hydrogen (secondary N) is 1. The number of likely N-dealkylation sites (tertiary alicyclic amines) is 1. The first kappa shape index (κ1) is 18.6. The summed E-state index contributed by atoms with van der Waals surface area (Å²) in [4.78, 5) is 14.1. The van der Waals surface area contributed by atoms with Crippen molar-refractivity contribution in [2.24, 2.45) is 0 Å². The van der Waals surface area contributed by atoms with E-state index in [-0.39, 0.29) is 12.1 Å². The second kappa shape index (κ2) is 8.89. The number of nitrogens with zero attached hydrogens (tertiary/aromatic N) is 1. The minimum Gasteiger partial charge on any atom is -0.444 e. The molecule has 1 amide bonds. The Balaban J connectivity index is 2.41. The van der Waals surface area contributed by atoms with Crippen molar-refractivity contribution in [3.8, 4) is 0 Å². The monoisotopic (exact) mass is 316 g/mol. The van der Waals surface area contributed by atoms with Crippen LogP contribution in [0.4, 0.5) is 4.79 Å². The molecule has 5 heteroatoms. The molecule has 1 saturated heterocycles. The zero-order chi connectivity index (χ0) is 15.9. The van der Waals surface area contributed by atoms with E-state index in [0.29, 0.717) is 6.04 Å². The van der Waals surface area contributed by atoms with Crippen LogP contribution in [0.3, 0.4) is 0 Å². The number of carbonyl (C=O) groups excluding carboxylic acids is 1. The summed E-state index contributed by atoms with van der Waals surface area (Å²) in [6.45, 7) is 11.9. The fourth-order valence-electron chi connectivity index (χ4n) is 2.60. The molecular formula is C16H32N2O2S. The van der Waals surface area contributed by atoms with Crippen LogP contribution in [0.2, 0.25) is 0 Å². The fourth-order valence-corrected chi connectivity index (χ4v) is 3.24. The predicted octanol–water partition coefficient (Wildman–Crippen LogP) is 3.51. The lowest BCUT2D eigenvalue weighted by atomic mass is 9.98. The van der Waals surface area contributed by atoms with Crippen molar-refractivity contribution in [3.05, 3.63) is 0 Å². The maximum absolute atomic E-state index is 12.3. The van der Waals surface area contributed by atoms with Gasteiger partial charge in [0.25, 0.3) is 0 Å². The third kappa shape index (κ3) is 6.92. The highest BCUT2D eigenvalue weighted by Crippen LogP contribution is 2.20. The summed E-state index contributed by atoms with van der Waals surface area (Å²) in [5.41, 5.74) is -0.422. The Labute approximate surface area is 134 Å². The maximum atomic E-state index is 12.3. The number of hydrogen-bond acceptors (Lipinski definition) is 4. The van der Waals surface area contributed by atoms with E-state index in [2.05, 4.69) is 19.2 Å². The van der Waals surface area contributed by atoms with Crippen molar-refractivity contribution >= 4 is 17.9 Å². The van der Waals surface area contributed by atoms with Crippen LogP contribution in [0.15, 0.2) is 0 Å². The lowest BCUT2D eigenvalue weighted by molar-refractivity contribution is 0.00713. The number of carbonyl (C=O) groups is 1. The van der Waals surface area contributed by atoms with Crippen molar-refractivity contribution in [2.45, 2.75) is 71.6 Å². The van der Waals surface area contributed by atoms with E-state index < -0.39 is 5.60 Å². The molecule has 21 heavy (non-hydrogen) atoms. The van der Waals surface area contributed by atoms with Gasteiger partial charge in [-0.2, -0.15) is 11.8 Å². The van der Waals surface area contributed by atoms with E-state index in [9.17, 15) is 4.79 Å². The molecule has 2 atom stereocenters. The molecule has 1 rings (SSSR count). The molecule has 0 saturated carbocycles. The summed E-state index contributed by atoms with van der Waals surface area (Å²) in [5.74, 6) is 2.40. The second-order valence-electron chi connectivity index (χ2n) is 6.67. The molecular weight excluding hydrogens is 284 g/mol. The van der Waals surface area contributed by atoms with Crippen molar-refractivity contribution in [1.82, 2.24) is 10.2 Å². The van der Waals surface area contributed by atoms with E-state index in [1.807, 2.05) is 37.4 Å². The number of amides is 1. The highest BCUT2D eigenvalue weighted by Gasteiger charge is 2.33. The largest absolute Gasteiger partial charge is 0.444 e. The van der Waals surface area contributed by atoms with Gasteiger partial charge in [0.2, 0.25) is 0 Å². The van der Waals surface area contributed by atoms with Gasteiger partial charge in [-0.3, -0.25) is 0 Å². The molecule has 0 aromatic rings. The minimum absolute atomic E-state index is 0.178. The smallest absolute Gasteiger partial charge is 0.410 e. The van der Waals surface area contributed by atoms with Crippen LogP contribution in [-0.2, 0) is 4.74 Å². The first-order valence-electron chi connectivity index (χ1n) is 8.16. The topological polar surface area (TPSA) is 41.6 Å². The number of ether oxygens (including phenoxy) is 1. The highest BCUT2D eigenvalue weighted by molar-refractivity contribution is 7.99. The molecule has 0 spiro atoms. The van der Waals surface area contributed by atoms with Crippen LogP contribution in [0.5, 0.6) is 0 Å². The Morgan fingerprint density at radius 1 is 1.43 bits per heavy atom. The minimum atomic E-state index is -0.422. The van der Waals surface area contributed by atoms with Gasteiger partial charge in [-0.05, 0) is 65.0 Å². The average Bonchev–Trinajstić information content (AvgIpc) is 2.38. The number of rotatable bonds is 6. The van der Waals surface area contributed by atoms with Gasteiger partial charge in [-0.15, -0.1) is 0 Å². The van der Waals surface area contributed by atoms with Crippen molar-refractivity contribution in [3.63, 3.8) is 0 Å². The molecule has 1 fully saturated rings. The summed E-state index contributed by atoms with van der Waals surface area (Å²) in [7, 11) is 0. The van der Waals surface area contributed by atoms with Gasteiger partial charge in [0.1, 0.15) is 5.60 Å². The molecule has 2 unspecified atom stereocenters. The zero-order valence-corrected chi connectivity index (χ0v) is 15.1. The van der Waals surface area contributed by atoms with Crippen LogP contribution in [0, 0.1) is 0 Å². The normalized spacial score (nSPS) is 23.2. The van der Waals surface area contributed by atoms with Crippen LogP contribution >= 0.6 is 11.8 Å². The van der Waals surface area contributed by atoms with Crippen LogP contribution < -0.4 is 5.32 Å². The molecule has 1 aliphatic rings. The summed E-state index contributed by atoms with van der Waals surface area (Å²) in [6, 6.07) is 0.588. The van der Waals surface area contributed by atoms with E-state index in [1.165, 1.54) is 17.9 Å². The average molecular weight is 317 g/mol. The standard InChI is InChI=1S/C16H32N2O2S/c1-6-21-12-8-10-17-14-9-7-11-18(13(14)2)15(19)20-16(3,4)5/h13-14,17H,6-12H2,1-5H3. The van der Waals surface area contributed by atoms with E-state index in [4.69, 9.17) is 4.74 Å². The number of hydrogen-bond donors (Lipinski definition) is 1. The second-order valence-corrected chi connectivity index (χ2v) is 8.06. The van der Waals surface area contributed by atoms with Gasteiger partial charge in [-0.1, -0.05) is 6.92 Å². The Kier molecular flexibility index (Phi) is 7.88. The van der Waals surface area contributed by atoms with Gasteiger partial charge >= 0.3 is 6.09 Å². The van der Waals surface area contributed by atoms with E-state index in [1.54, 1.807) is 0 Å². The Morgan fingerprint density at radius 2 is 2.14 bits per heavy atom. The molecule has 0 aromatic carbocycles. The lowest BCUT2D eigenvalue weighted by Crippen LogP contribution is -2.55. The molecule has 124 valence electrons. The van der Waals surface area contributed by atoms with Gasteiger partial charge in [0.15, 0.2) is 0 Å². The molecule has 1 N–H and O–H groups in total. The van der Waals surface area contributed by atoms with Gasteiger partial charge < -0.3 is 15.0 Å². The van der Waals surface area contributed by atoms with Gasteiger partial charge in [0.05, 0.1) is 0 Å². The molecule has 0 aliphatic carbocycles. The van der Waals surface area contributed by atoms with E-state index >= 15 is 0 Å². The Hall–Kier alpha value is -0.420. The zero-order valence-electron chi connectivity index (χ0n) is 14.3. The maximum Gasteiger partial charge on any atom is 0.410 e. The molecule has 1 aliphatic heterocycles. The predicted molar refractivity (Wildman–Crippen MR) is 91.0 cm³/mol. The molecule has 0 aromatic heterocycles. The first-order chi connectivity index (χ1) is 9.85. The number of thioether (sulfide) groups is 1. The molecule has 1 heterocycles. The third-order valence-corrected chi connectivity index (χ3v) is 4.68. The Morgan fingerprint density at radius 3 is 2.76 bits per heavy atom. The summed E-state index contributed by atoms with van der Waals surface area (Å²) >= 11 is 1.98. The molecule has 4 nitrogen and oxygen atoms in total. The molecule has 0 bridgehead atoms. The van der Waals surface area contributed by atoms with Crippen LogP contribution in [-0.4, -0.2) is 53.3 Å². The summed E-state index contributed by atoms with van der Waals surface area (Å²) < 4.78 is 5.51. The van der Waals surface area contributed by atoms with Crippen molar-refractivity contribution in [2.75, 3.05) is 24.6 Å². The first-order valence-corrected chi connectivity index (χ1v) is 9.31. The quantitative estimate of drug-likeness (QED) is 0.762. The Bertz CT molecular complexity index is 318. The highest BCUT2D eigenvalue weighted by atomic mass is 32.2. The number of piperidine rings is 1. The van der Waals surface area contributed by atoms with Crippen molar-refractivity contribution in [1.29, 1.82) is 0 Å². The van der Waals surface area contributed by atoms with Gasteiger partial charge in [-0.25, -0.2) is 4.79 Å². The van der Waals surface area contributed by atoms with Crippen LogP contribution in [0.25, 0.3) is 0 Å². The lowest BCUT2D eigenvalue weighted by Gasteiger charge is -2.40. The van der Waals surface area contributed by atoms with Crippen LogP contribution in [0.1, 0.15) is 53.9 Å². The third-order valence-electron chi connectivity index (χ3n) is 3.69. The van der Waals surface area contributed by atoms with E-state index in [0.717, 1.165) is 25.9 Å². The molecule has 0 radical (unpaired) electrons.